The first kappa shape index (κ1) is 17.1. The molecule has 0 saturated heterocycles. The van der Waals surface area contributed by atoms with E-state index in [-0.39, 0.29) is 0 Å². The van der Waals surface area contributed by atoms with Gasteiger partial charge in [-0.15, -0.1) is 0 Å². The van der Waals surface area contributed by atoms with E-state index in [9.17, 15) is 0 Å². The lowest BCUT2D eigenvalue weighted by Gasteiger charge is -2.09. The summed E-state index contributed by atoms with van der Waals surface area (Å²) < 4.78 is 2.41. The molecule has 0 saturated carbocycles. The van der Waals surface area contributed by atoms with Gasteiger partial charge in [0.15, 0.2) is 5.16 Å². The summed E-state index contributed by atoms with van der Waals surface area (Å²) in [5.74, 6) is 0.972. The molecule has 0 spiro atoms. The van der Waals surface area contributed by atoms with Gasteiger partial charge in [0.2, 0.25) is 0 Å². The maximum Gasteiger partial charge on any atom is 0.169 e. The Balaban J connectivity index is 1.72. The first-order chi connectivity index (χ1) is 11.9. The normalized spacial score (nSPS) is 11.2. The molecule has 0 bridgehead atoms. The van der Waals surface area contributed by atoms with E-state index in [1.54, 1.807) is 0 Å². The summed E-state index contributed by atoms with van der Waals surface area (Å²) in [5, 5.41) is 1.15. The number of fused-ring (bicyclic) bond motifs is 1. The Kier molecular flexibility index (Phi) is 6.36. The Morgan fingerprint density at radius 1 is 0.875 bits per heavy atom. The molecule has 0 atom stereocenters. The maximum atomic E-state index is 4.87. The summed E-state index contributed by atoms with van der Waals surface area (Å²) in [4.78, 5) is 4.87. The molecule has 0 unspecified atom stereocenters. The number of aryl methyl sites for hydroxylation is 1. The maximum absolute atomic E-state index is 4.87. The molecule has 3 heteroatoms. The summed E-state index contributed by atoms with van der Waals surface area (Å²) in [5.41, 5.74) is 3.73. The molecule has 3 aromatic rings. The van der Waals surface area contributed by atoms with E-state index in [4.69, 9.17) is 4.98 Å². The van der Waals surface area contributed by atoms with Crippen LogP contribution in [0.15, 0.2) is 59.8 Å². The predicted octanol–water partition coefficient (Wildman–Crippen LogP) is 6.30. The molecular weight excluding hydrogens is 312 g/mol. The highest BCUT2D eigenvalue weighted by atomic mass is 32.2. The predicted molar refractivity (Wildman–Crippen MR) is 104 cm³/mol. The van der Waals surface area contributed by atoms with Crippen molar-refractivity contribution in [1.82, 2.24) is 9.55 Å². The minimum atomic E-state index is 0.972. The minimum absolute atomic E-state index is 0.972. The second kappa shape index (κ2) is 8.93. The second-order valence-corrected chi connectivity index (χ2v) is 7.17. The van der Waals surface area contributed by atoms with Gasteiger partial charge < -0.3 is 4.57 Å². The summed E-state index contributed by atoms with van der Waals surface area (Å²) in [6.07, 6.45) is 6.53. The van der Waals surface area contributed by atoms with Gasteiger partial charge >= 0.3 is 0 Å². The summed E-state index contributed by atoms with van der Waals surface area (Å²) in [6.45, 7) is 3.34. The summed E-state index contributed by atoms with van der Waals surface area (Å²) in [6, 6.07) is 19.2. The Morgan fingerprint density at radius 2 is 1.62 bits per heavy atom. The van der Waals surface area contributed by atoms with Crippen molar-refractivity contribution in [3.63, 3.8) is 0 Å². The van der Waals surface area contributed by atoms with E-state index in [0.29, 0.717) is 0 Å². The number of unbranched alkanes of at least 4 members (excludes halogenated alkanes) is 4. The van der Waals surface area contributed by atoms with E-state index >= 15 is 0 Å². The van der Waals surface area contributed by atoms with Gasteiger partial charge in [-0.25, -0.2) is 4.98 Å². The van der Waals surface area contributed by atoms with Crippen LogP contribution in [-0.4, -0.2) is 9.55 Å². The molecule has 2 aromatic carbocycles. The van der Waals surface area contributed by atoms with Crippen LogP contribution in [0.2, 0.25) is 0 Å². The third-order valence-corrected chi connectivity index (χ3v) is 5.36. The zero-order valence-electron chi connectivity index (χ0n) is 14.4. The van der Waals surface area contributed by atoms with Crippen LogP contribution in [0.25, 0.3) is 11.0 Å². The highest BCUT2D eigenvalue weighted by Crippen LogP contribution is 2.27. The first-order valence-corrected chi connectivity index (χ1v) is 9.99. The van der Waals surface area contributed by atoms with Gasteiger partial charge in [-0.3, -0.25) is 0 Å². The molecule has 0 amide bonds. The molecule has 126 valence electrons. The molecule has 2 nitrogen and oxygen atoms in total. The zero-order valence-corrected chi connectivity index (χ0v) is 15.3. The zero-order chi connectivity index (χ0) is 16.6. The number of thioether (sulfide) groups is 1. The third kappa shape index (κ3) is 4.41. The Hall–Kier alpha value is -1.74. The van der Waals surface area contributed by atoms with Crippen LogP contribution < -0.4 is 0 Å². The Bertz CT molecular complexity index is 749. The molecule has 0 fully saturated rings. The number of hydrogen-bond donors (Lipinski definition) is 0. The number of hydrogen-bond acceptors (Lipinski definition) is 2. The van der Waals surface area contributed by atoms with E-state index < -0.39 is 0 Å². The van der Waals surface area contributed by atoms with E-state index in [2.05, 4.69) is 66.1 Å². The lowest BCUT2D eigenvalue weighted by atomic mass is 10.1. The van der Waals surface area contributed by atoms with Crippen molar-refractivity contribution in [2.75, 3.05) is 0 Å². The van der Waals surface area contributed by atoms with Gasteiger partial charge in [-0.1, -0.05) is 86.8 Å². The van der Waals surface area contributed by atoms with E-state index in [1.807, 2.05) is 11.8 Å². The fourth-order valence-corrected chi connectivity index (χ4v) is 3.97. The number of benzene rings is 2. The number of aromatic nitrogens is 2. The molecule has 24 heavy (non-hydrogen) atoms. The van der Waals surface area contributed by atoms with Crippen molar-refractivity contribution < 1.29 is 0 Å². The van der Waals surface area contributed by atoms with Crippen molar-refractivity contribution in [1.29, 1.82) is 0 Å². The molecule has 0 aliphatic rings. The van der Waals surface area contributed by atoms with Crippen LogP contribution in [0.4, 0.5) is 0 Å². The average molecular weight is 339 g/mol. The van der Waals surface area contributed by atoms with Crippen molar-refractivity contribution in [2.24, 2.45) is 0 Å². The highest BCUT2D eigenvalue weighted by Gasteiger charge is 2.10. The standard InChI is InChI=1S/C21H26N2S/c1-2-3-4-5-11-16-23-20-15-10-9-14-19(20)22-21(23)24-17-18-12-7-6-8-13-18/h6-10,12-15H,2-5,11,16-17H2,1H3. The van der Waals surface area contributed by atoms with Crippen LogP contribution >= 0.6 is 11.8 Å². The van der Waals surface area contributed by atoms with Gasteiger partial charge in [-0.05, 0) is 24.1 Å². The number of para-hydroxylation sites is 2. The molecule has 0 aliphatic heterocycles. The molecule has 1 heterocycles. The second-order valence-electron chi connectivity index (χ2n) is 6.22. The van der Waals surface area contributed by atoms with Gasteiger partial charge in [0.25, 0.3) is 0 Å². The Labute approximate surface area is 149 Å². The topological polar surface area (TPSA) is 17.8 Å². The van der Waals surface area contributed by atoms with Crippen molar-refractivity contribution in [3.05, 3.63) is 60.2 Å². The third-order valence-electron chi connectivity index (χ3n) is 4.32. The summed E-state index contributed by atoms with van der Waals surface area (Å²) in [7, 11) is 0. The quantitative estimate of drug-likeness (QED) is 0.336. The molecule has 3 rings (SSSR count). The average Bonchev–Trinajstić information content (AvgIpc) is 2.98. The van der Waals surface area contributed by atoms with Crippen LogP contribution in [0.1, 0.15) is 44.6 Å². The smallest absolute Gasteiger partial charge is 0.169 e. The largest absolute Gasteiger partial charge is 0.319 e. The van der Waals surface area contributed by atoms with Gasteiger partial charge in [0, 0.05) is 12.3 Å². The minimum Gasteiger partial charge on any atom is -0.319 e. The number of imidazole rings is 1. The van der Waals surface area contributed by atoms with Crippen LogP contribution in [-0.2, 0) is 12.3 Å². The number of rotatable bonds is 9. The monoisotopic (exact) mass is 338 g/mol. The lowest BCUT2D eigenvalue weighted by molar-refractivity contribution is 0.552. The van der Waals surface area contributed by atoms with E-state index in [1.165, 1.54) is 43.2 Å². The number of nitrogens with zero attached hydrogens (tertiary/aromatic N) is 2. The van der Waals surface area contributed by atoms with Gasteiger partial charge in [0.05, 0.1) is 11.0 Å². The SMILES string of the molecule is CCCCCCCn1c(SCc2ccccc2)nc2ccccc21. The molecule has 0 aliphatic carbocycles. The van der Waals surface area contributed by atoms with Gasteiger partial charge in [0.1, 0.15) is 0 Å². The Morgan fingerprint density at radius 3 is 2.46 bits per heavy atom. The fraction of sp³-hybridized carbons (Fsp3) is 0.381. The van der Waals surface area contributed by atoms with Crippen LogP contribution in [0.3, 0.4) is 0 Å². The van der Waals surface area contributed by atoms with Crippen LogP contribution in [0, 0.1) is 0 Å². The molecular formula is C21H26N2S. The fourth-order valence-electron chi connectivity index (χ4n) is 2.98. The highest BCUT2D eigenvalue weighted by molar-refractivity contribution is 7.98. The molecule has 0 N–H and O–H groups in total. The first-order valence-electron chi connectivity index (χ1n) is 9.00. The lowest BCUT2D eigenvalue weighted by Crippen LogP contribution is -2.00. The van der Waals surface area contributed by atoms with E-state index in [0.717, 1.165) is 23.0 Å². The summed E-state index contributed by atoms with van der Waals surface area (Å²) >= 11 is 1.85. The molecule has 0 radical (unpaired) electrons. The van der Waals surface area contributed by atoms with Crippen molar-refractivity contribution in [3.8, 4) is 0 Å². The van der Waals surface area contributed by atoms with Crippen LogP contribution in [0.5, 0.6) is 0 Å². The van der Waals surface area contributed by atoms with Crippen molar-refractivity contribution >= 4 is 22.8 Å². The van der Waals surface area contributed by atoms with Crippen molar-refractivity contribution in [2.45, 2.75) is 56.5 Å². The van der Waals surface area contributed by atoms with Gasteiger partial charge in [-0.2, -0.15) is 0 Å². The molecule has 1 aromatic heterocycles.